The number of benzene rings is 2. The summed E-state index contributed by atoms with van der Waals surface area (Å²) in [5.74, 6) is 1.44. The molecule has 0 bridgehead atoms. The number of carbonyl (C=O) groups is 2. The van der Waals surface area contributed by atoms with Crippen LogP contribution in [0.15, 0.2) is 54.6 Å². The lowest BCUT2D eigenvalue weighted by atomic mass is 10.1. The van der Waals surface area contributed by atoms with Gasteiger partial charge in [0.05, 0.1) is 5.75 Å². The summed E-state index contributed by atoms with van der Waals surface area (Å²) in [5, 5.41) is 2.96. The van der Waals surface area contributed by atoms with Crippen molar-refractivity contribution in [1.82, 2.24) is 10.2 Å². The van der Waals surface area contributed by atoms with Gasteiger partial charge in [-0.1, -0.05) is 74.0 Å². The number of aryl methyl sites for hydroxylation is 1. The molecule has 2 rings (SSSR count). The first-order valence-corrected chi connectivity index (χ1v) is 11.8. The molecule has 2 aromatic carbocycles. The van der Waals surface area contributed by atoms with E-state index in [4.69, 9.17) is 0 Å². The molecule has 2 amide bonds. The quantitative estimate of drug-likeness (QED) is 0.577. The predicted molar refractivity (Wildman–Crippen MR) is 127 cm³/mol. The van der Waals surface area contributed by atoms with Gasteiger partial charge in [-0.3, -0.25) is 9.59 Å². The Balaban J connectivity index is 1.97. The first-order chi connectivity index (χ1) is 14.4. The molecule has 0 aliphatic rings. The van der Waals surface area contributed by atoms with Gasteiger partial charge in [-0.25, -0.2) is 0 Å². The summed E-state index contributed by atoms with van der Waals surface area (Å²) in [6, 6.07) is 18.0. The van der Waals surface area contributed by atoms with Crippen LogP contribution in [-0.2, 0) is 21.8 Å². The van der Waals surface area contributed by atoms with Gasteiger partial charge in [-0.2, -0.15) is 0 Å². The van der Waals surface area contributed by atoms with Crippen molar-refractivity contribution in [2.75, 3.05) is 18.8 Å². The summed E-state index contributed by atoms with van der Waals surface area (Å²) in [4.78, 5) is 27.4. The van der Waals surface area contributed by atoms with Gasteiger partial charge in [-0.15, -0.1) is 11.8 Å². The summed E-state index contributed by atoms with van der Waals surface area (Å²) in [5.41, 5.74) is 3.60. The first-order valence-electron chi connectivity index (χ1n) is 10.6. The normalized spacial score (nSPS) is 11.9. The molecule has 4 nitrogen and oxygen atoms in total. The molecule has 0 spiro atoms. The van der Waals surface area contributed by atoms with E-state index in [0.717, 1.165) is 17.7 Å². The number of thioether (sulfide) groups is 1. The van der Waals surface area contributed by atoms with E-state index < -0.39 is 6.04 Å². The molecule has 1 N–H and O–H groups in total. The Morgan fingerprint density at radius 1 is 0.967 bits per heavy atom. The maximum atomic E-state index is 13.0. The van der Waals surface area contributed by atoms with E-state index in [-0.39, 0.29) is 11.8 Å². The van der Waals surface area contributed by atoms with Crippen LogP contribution in [0.3, 0.4) is 0 Å². The van der Waals surface area contributed by atoms with E-state index >= 15 is 0 Å². The number of nitrogens with one attached hydrogen (secondary N) is 1. The number of hydrogen-bond donors (Lipinski definition) is 1. The summed E-state index contributed by atoms with van der Waals surface area (Å²) < 4.78 is 0. The molecule has 2 aromatic rings. The Morgan fingerprint density at radius 3 is 2.27 bits per heavy atom. The van der Waals surface area contributed by atoms with Gasteiger partial charge in [0, 0.05) is 18.8 Å². The Bertz CT molecular complexity index is 791. The highest BCUT2D eigenvalue weighted by Gasteiger charge is 2.25. The van der Waals surface area contributed by atoms with Gasteiger partial charge in [0.1, 0.15) is 6.04 Å². The average molecular weight is 427 g/mol. The smallest absolute Gasteiger partial charge is 0.242 e. The Labute approximate surface area is 185 Å². The van der Waals surface area contributed by atoms with Gasteiger partial charge in [0.2, 0.25) is 11.8 Å². The van der Waals surface area contributed by atoms with E-state index in [2.05, 4.69) is 62.5 Å². The second-order valence-corrected chi connectivity index (χ2v) is 9.10. The summed E-state index contributed by atoms with van der Waals surface area (Å²) in [6.07, 6.45) is 0.733. The van der Waals surface area contributed by atoms with Crippen molar-refractivity contribution in [1.29, 1.82) is 0 Å². The van der Waals surface area contributed by atoms with Gasteiger partial charge >= 0.3 is 0 Å². The molecule has 0 heterocycles. The average Bonchev–Trinajstić information content (AvgIpc) is 2.74. The van der Waals surface area contributed by atoms with E-state index in [9.17, 15) is 9.59 Å². The topological polar surface area (TPSA) is 49.4 Å². The molecule has 0 radical (unpaired) electrons. The molecule has 1 atom stereocenters. The van der Waals surface area contributed by atoms with Crippen LogP contribution >= 0.6 is 11.8 Å². The summed E-state index contributed by atoms with van der Waals surface area (Å²) >= 11 is 1.59. The largest absolute Gasteiger partial charge is 0.354 e. The van der Waals surface area contributed by atoms with Crippen LogP contribution in [-0.4, -0.2) is 41.6 Å². The Hall–Kier alpha value is -2.27. The highest BCUT2D eigenvalue weighted by atomic mass is 32.2. The van der Waals surface area contributed by atoms with Crippen LogP contribution in [0.4, 0.5) is 0 Å². The molecule has 0 saturated heterocycles. The standard InChI is InChI=1S/C25H34N2O2S/c1-19(2)16-26-25(29)21(4)27(15-14-22-8-6-5-7-9-22)24(28)18-30-17-23-12-10-20(3)11-13-23/h5-13,19,21H,14-18H2,1-4H3,(H,26,29)/t21-/m1/s1. The van der Waals surface area contributed by atoms with Crippen molar-refractivity contribution in [2.24, 2.45) is 5.92 Å². The van der Waals surface area contributed by atoms with Crippen LogP contribution in [0, 0.1) is 12.8 Å². The maximum Gasteiger partial charge on any atom is 0.242 e. The van der Waals surface area contributed by atoms with E-state index in [1.54, 1.807) is 16.7 Å². The third kappa shape index (κ3) is 8.23. The fourth-order valence-electron chi connectivity index (χ4n) is 3.05. The maximum absolute atomic E-state index is 13.0. The number of rotatable bonds is 11. The molecule has 162 valence electrons. The Morgan fingerprint density at radius 2 is 1.63 bits per heavy atom. The Kier molecular flexibility index (Phi) is 9.95. The van der Waals surface area contributed by atoms with Gasteiger partial charge in [0.15, 0.2) is 0 Å². The third-order valence-electron chi connectivity index (χ3n) is 4.95. The molecule has 0 aliphatic carbocycles. The molecular weight excluding hydrogens is 392 g/mol. The predicted octanol–water partition coefficient (Wildman–Crippen LogP) is 4.46. The van der Waals surface area contributed by atoms with Gasteiger partial charge in [-0.05, 0) is 37.3 Å². The van der Waals surface area contributed by atoms with Crippen LogP contribution in [0.5, 0.6) is 0 Å². The molecule has 0 fully saturated rings. The number of nitrogens with zero attached hydrogens (tertiary/aromatic N) is 1. The van der Waals surface area contributed by atoms with Crippen molar-refractivity contribution < 1.29 is 9.59 Å². The second kappa shape index (κ2) is 12.4. The minimum atomic E-state index is -0.486. The van der Waals surface area contributed by atoms with Crippen LogP contribution in [0.25, 0.3) is 0 Å². The van der Waals surface area contributed by atoms with Crippen molar-refractivity contribution in [2.45, 2.75) is 45.9 Å². The van der Waals surface area contributed by atoms with Crippen LogP contribution < -0.4 is 5.32 Å². The monoisotopic (exact) mass is 426 g/mol. The zero-order valence-corrected chi connectivity index (χ0v) is 19.4. The summed E-state index contributed by atoms with van der Waals surface area (Å²) in [7, 11) is 0. The van der Waals surface area contributed by atoms with Crippen molar-refractivity contribution in [3.05, 3.63) is 71.3 Å². The molecule has 0 saturated carbocycles. The lowest BCUT2D eigenvalue weighted by molar-refractivity contribution is -0.138. The minimum absolute atomic E-state index is 0.00948. The minimum Gasteiger partial charge on any atom is -0.354 e. The fourth-order valence-corrected chi connectivity index (χ4v) is 3.92. The molecular formula is C25H34N2O2S. The van der Waals surface area contributed by atoms with Gasteiger partial charge in [0.25, 0.3) is 0 Å². The van der Waals surface area contributed by atoms with Crippen molar-refractivity contribution in [3.8, 4) is 0 Å². The molecule has 0 unspecified atom stereocenters. The van der Waals surface area contributed by atoms with Gasteiger partial charge < -0.3 is 10.2 Å². The van der Waals surface area contributed by atoms with E-state index in [1.807, 2.05) is 25.1 Å². The highest BCUT2D eigenvalue weighted by Crippen LogP contribution is 2.15. The molecule has 5 heteroatoms. The lowest BCUT2D eigenvalue weighted by Gasteiger charge is -2.29. The van der Waals surface area contributed by atoms with Crippen molar-refractivity contribution in [3.63, 3.8) is 0 Å². The highest BCUT2D eigenvalue weighted by molar-refractivity contribution is 7.99. The summed E-state index contributed by atoms with van der Waals surface area (Å²) in [6.45, 7) is 9.16. The zero-order chi connectivity index (χ0) is 21.9. The number of carbonyl (C=O) groups excluding carboxylic acids is 2. The first kappa shape index (κ1) is 24.0. The number of amides is 2. The molecule has 0 aliphatic heterocycles. The molecule has 0 aromatic heterocycles. The van der Waals surface area contributed by atoms with Crippen LogP contribution in [0.1, 0.15) is 37.5 Å². The second-order valence-electron chi connectivity index (χ2n) is 8.12. The van der Waals surface area contributed by atoms with E-state index in [1.165, 1.54) is 11.1 Å². The van der Waals surface area contributed by atoms with Crippen molar-refractivity contribution >= 4 is 23.6 Å². The lowest BCUT2D eigenvalue weighted by Crippen LogP contribution is -2.50. The fraction of sp³-hybridized carbons (Fsp3) is 0.440. The molecule has 30 heavy (non-hydrogen) atoms. The zero-order valence-electron chi connectivity index (χ0n) is 18.6. The SMILES string of the molecule is Cc1ccc(CSCC(=O)N(CCc2ccccc2)[C@H](C)C(=O)NCC(C)C)cc1. The third-order valence-corrected chi connectivity index (χ3v) is 5.94. The van der Waals surface area contributed by atoms with Crippen LogP contribution in [0.2, 0.25) is 0 Å². The van der Waals surface area contributed by atoms with E-state index in [0.29, 0.717) is 24.8 Å². The number of hydrogen-bond acceptors (Lipinski definition) is 3.